The van der Waals surface area contributed by atoms with E-state index in [0.29, 0.717) is 10.6 Å². The van der Waals surface area contributed by atoms with E-state index >= 15 is 0 Å². The molecule has 0 aliphatic carbocycles. The highest BCUT2D eigenvalue weighted by molar-refractivity contribution is 7.88. The Balaban J connectivity index is 2.86. The van der Waals surface area contributed by atoms with Gasteiger partial charge >= 0.3 is 0 Å². The minimum atomic E-state index is -1.37. The normalized spacial score (nSPS) is 12.9. The Bertz CT molecular complexity index is 298. The molecule has 0 radical (unpaired) electrons. The Morgan fingerprint density at radius 1 is 1.31 bits per heavy atom. The number of rotatable bonds is 3. The van der Waals surface area contributed by atoms with Crippen LogP contribution in [-0.2, 0) is 10.8 Å². The predicted octanol–water partition coefficient (Wildman–Crippen LogP) is 2.56. The number of benzene rings is 1. The van der Waals surface area contributed by atoms with Crippen LogP contribution in [-0.4, -0.2) is 15.5 Å². The Morgan fingerprint density at radius 3 is 2.23 bits per heavy atom. The van der Waals surface area contributed by atoms with E-state index in [-0.39, 0.29) is 0 Å². The lowest BCUT2D eigenvalue weighted by Crippen LogP contribution is -1.99. The van der Waals surface area contributed by atoms with E-state index in [0.717, 1.165) is 0 Å². The van der Waals surface area contributed by atoms with E-state index < -0.39 is 15.0 Å². The summed E-state index contributed by atoms with van der Waals surface area (Å²) >= 11 is 10.9. The lowest BCUT2D eigenvalue weighted by molar-refractivity contribution is 0.414. The number of methoxy groups -OCH3 is 1. The van der Waals surface area contributed by atoms with E-state index in [1.54, 1.807) is 31.4 Å². The van der Waals surface area contributed by atoms with Gasteiger partial charge in [0, 0.05) is 4.90 Å². The largest absolute Gasteiger partial charge is 0.497 e. The predicted molar refractivity (Wildman–Crippen MR) is 54.9 cm³/mol. The minimum Gasteiger partial charge on any atom is -0.497 e. The van der Waals surface area contributed by atoms with Crippen LogP contribution in [0.25, 0.3) is 0 Å². The quantitative estimate of drug-likeness (QED) is 0.757. The van der Waals surface area contributed by atoms with Crippen LogP contribution in [0, 0.1) is 0 Å². The lowest BCUT2D eigenvalue weighted by atomic mass is 10.3. The summed E-state index contributed by atoms with van der Waals surface area (Å²) in [4.78, 5) is 0.593. The van der Waals surface area contributed by atoms with Gasteiger partial charge in [-0.3, -0.25) is 4.21 Å². The molecular weight excluding hydrogens is 231 g/mol. The van der Waals surface area contributed by atoms with E-state index in [2.05, 4.69) is 0 Å². The van der Waals surface area contributed by atoms with Crippen molar-refractivity contribution in [1.82, 2.24) is 0 Å². The summed E-state index contributed by atoms with van der Waals surface area (Å²) in [5.41, 5.74) is 0. The molecule has 2 nitrogen and oxygen atoms in total. The van der Waals surface area contributed by atoms with Crippen molar-refractivity contribution in [2.75, 3.05) is 7.11 Å². The fourth-order valence-corrected chi connectivity index (χ4v) is 2.04. The zero-order valence-electron chi connectivity index (χ0n) is 6.87. The van der Waals surface area contributed by atoms with Crippen molar-refractivity contribution in [3.8, 4) is 5.75 Å². The highest BCUT2D eigenvalue weighted by atomic mass is 35.5. The summed E-state index contributed by atoms with van der Waals surface area (Å²) in [5.74, 6) is 0.710. The molecule has 0 saturated heterocycles. The fourth-order valence-electron chi connectivity index (χ4n) is 0.813. The maximum absolute atomic E-state index is 11.4. The van der Waals surface area contributed by atoms with Crippen molar-refractivity contribution in [2.24, 2.45) is 0 Å². The zero-order valence-corrected chi connectivity index (χ0v) is 9.20. The first-order valence-electron chi connectivity index (χ1n) is 3.48. The first kappa shape index (κ1) is 10.8. The molecule has 72 valence electrons. The van der Waals surface area contributed by atoms with Crippen molar-refractivity contribution in [1.29, 1.82) is 0 Å². The van der Waals surface area contributed by atoms with Crippen LogP contribution in [0.3, 0.4) is 0 Å². The molecule has 13 heavy (non-hydrogen) atoms. The summed E-state index contributed by atoms with van der Waals surface area (Å²) in [7, 11) is 0.197. The number of hydrogen-bond acceptors (Lipinski definition) is 2. The average Bonchev–Trinajstić information content (AvgIpc) is 2.17. The monoisotopic (exact) mass is 238 g/mol. The molecule has 0 aliphatic rings. The summed E-state index contributed by atoms with van der Waals surface area (Å²) in [6, 6.07) is 6.77. The van der Waals surface area contributed by atoms with Gasteiger partial charge in [0.25, 0.3) is 0 Å². The van der Waals surface area contributed by atoms with Gasteiger partial charge < -0.3 is 4.74 Å². The summed E-state index contributed by atoms with van der Waals surface area (Å²) in [5, 5.41) is 0. The Labute approximate surface area is 89.3 Å². The fraction of sp³-hybridized carbons (Fsp3) is 0.250. The van der Waals surface area contributed by atoms with Gasteiger partial charge in [0.15, 0.2) is 4.17 Å². The van der Waals surface area contributed by atoms with Crippen molar-refractivity contribution >= 4 is 34.0 Å². The maximum atomic E-state index is 11.4. The van der Waals surface area contributed by atoms with Crippen LogP contribution in [0.2, 0.25) is 0 Å². The molecule has 1 aromatic rings. The topological polar surface area (TPSA) is 26.3 Å². The third kappa shape index (κ3) is 2.86. The Hall–Kier alpha value is -0.250. The van der Waals surface area contributed by atoms with Crippen LogP contribution < -0.4 is 4.74 Å². The first-order valence-corrected chi connectivity index (χ1v) is 5.56. The number of alkyl halides is 2. The molecule has 0 aromatic heterocycles. The minimum absolute atomic E-state index is 0.593. The van der Waals surface area contributed by atoms with Crippen LogP contribution in [0.15, 0.2) is 29.2 Å². The highest BCUT2D eigenvalue weighted by Gasteiger charge is 2.11. The van der Waals surface area contributed by atoms with Gasteiger partial charge in [0.2, 0.25) is 0 Å². The molecule has 0 heterocycles. The van der Waals surface area contributed by atoms with E-state index in [4.69, 9.17) is 27.9 Å². The van der Waals surface area contributed by atoms with Crippen molar-refractivity contribution < 1.29 is 8.95 Å². The van der Waals surface area contributed by atoms with Gasteiger partial charge in [-0.2, -0.15) is 0 Å². The van der Waals surface area contributed by atoms with Crippen LogP contribution >= 0.6 is 23.2 Å². The zero-order chi connectivity index (χ0) is 9.84. The maximum Gasteiger partial charge on any atom is 0.186 e. The second-order valence-electron chi connectivity index (χ2n) is 2.23. The van der Waals surface area contributed by atoms with E-state index in [9.17, 15) is 4.21 Å². The molecule has 0 aliphatic heterocycles. The molecule has 0 saturated carbocycles. The standard InChI is InChI=1S/C8H8Cl2O2S/c1-12-6-2-4-7(5-3-6)13(11)8(9)10/h2-5,8H,1H3. The van der Waals surface area contributed by atoms with Crippen molar-refractivity contribution in [3.05, 3.63) is 24.3 Å². The first-order chi connectivity index (χ1) is 6.15. The van der Waals surface area contributed by atoms with Crippen molar-refractivity contribution in [2.45, 2.75) is 9.06 Å². The SMILES string of the molecule is COc1ccc(S(=O)C(Cl)Cl)cc1. The third-order valence-corrected chi connectivity index (χ3v) is 3.48. The number of halogens is 2. The van der Waals surface area contributed by atoms with Crippen LogP contribution in [0.5, 0.6) is 5.75 Å². The molecular formula is C8H8Cl2O2S. The summed E-state index contributed by atoms with van der Waals surface area (Å²) in [6.45, 7) is 0. The molecule has 5 heteroatoms. The Kier molecular flexibility index (Phi) is 4.03. The molecule has 0 fully saturated rings. The van der Waals surface area contributed by atoms with Gasteiger partial charge in [-0.25, -0.2) is 0 Å². The second-order valence-corrected chi connectivity index (χ2v) is 5.39. The summed E-state index contributed by atoms with van der Waals surface area (Å²) < 4.78 is 15.4. The molecule has 1 rings (SSSR count). The van der Waals surface area contributed by atoms with Crippen LogP contribution in [0.1, 0.15) is 0 Å². The van der Waals surface area contributed by atoms with E-state index in [1.807, 2.05) is 0 Å². The van der Waals surface area contributed by atoms with E-state index in [1.165, 1.54) is 0 Å². The van der Waals surface area contributed by atoms with Crippen molar-refractivity contribution in [3.63, 3.8) is 0 Å². The molecule has 0 bridgehead atoms. The smallest absolute Gasteiger partial charge is 0.186 e. The van der Waals surface area contributed by atoms with Gasteiger partial charge in [0.1, 0.15) is 5.75 Å². The number of ether oxygens (including phenoxy) is 1. The lowest BCUT2D eigenvalue weighted by Gasteiger charge is -2.03. The molecule has 1 unspecified atom stereocenters. The third-order valence-electron chi connectivity index (χ3n) is 1.45. The molecule has 0 N–H and O–H groups in total. The van der Waals surface area contributed by atoms with Crippen LogP contribution in [0.4, 0.5) is 0 Å². The summed E-state index contributed by atoms with van der Waals surface area (Å²) in [6.07, 6.45) is 0. The molecule has 1 atom stereocenters. The average molecular weight is 239 g/mol. The molecule has 0 spiro atoms. The highest BCUT2D eigenvalue weighted by Crippen LogP contribution is 2.19. The van der Waals surface area contributed by atoms with Gasteiger partial charge in [-0.15, -0.1) is 0 Å². The second kappa shape index (κ2) is 4.84. The molecule has 0 amide bonds. The van der Waals surface area contributed by atoms with Gasteiger partial charge in [0.05, 0.1) is 17.9 Å². The number of hydrogen-bond donors (Lipinski definition) is 0. The van der Waals surface area contributed by atoms with Gasteiger partial charge in [-0.1, -0.05) is 23.2 Å². The Morgan fingerprint density at radius 2 is 1.85 bits per heavy atom. The molecule has 1 aromatic carbocycles. The van der Waals surface area contributed by atoms with Gasteiger partial charge in [-0.05, 0) is 24.3 Å².